The smallest absolute Gasteiger partial charge is 0.306 e. The molecular formula is C12H21NO2. The van der Waals surface area contributed by atoms with Crippen molar-refractivity contribution in [3.63, 3.8) is 0 Å². The Bertz CT molecular complexity index is 228. The van der Waals surface area contributed by atoms with Crippen LogP contribution in [0.4, 0.5) is 0 Å². The summed E-state index contributed by atoms with van der Waals surface area (Å²) in [6, 6.07) is 1.45. The lowest BCUT2D eigenvalue weighted by Crippen LogP contribution is -2.40. The Labute approximate surface area is 91.8 Å². The molecule has 2 aliphatic heterocycles. The molecule has 2 saturated heterocycles. The molecule has 0 aliphatic carbocycles. The summed E-state index contributed by atoms with van der Waals surface area (Å²) < 4.78 is 5.01. The van der Waals surface area contributed by atoms with Crippen LogP contribution in [0.5, 0.6) is 0 Å². The van der Waals surface area contributed by atoms with E-state index in [1.165, 1.54) is 25.7 Å². The minimum atomic E-state index is -0.00791. The third-order valence-corrected chi connectivity index (χ3v) is 3.96. The van der Waals surface area contributed by atoms with E-state index in [0.29, 0.717) is 18.9 Å². The molecule has 2 heterocycles. The summed E-state index contributed by atoms with van der Waals surface area (Å²) in [5.74, 6) is 0.559. The van der Waals surface area contributed by atoms with Crippen LogP contribution in [0, 0.1) is 5.92 Å². The highest BCUT2D eigenvalue weighted by atomic mass is 16.5. The Hall–Kier alpha value is -0.570. The van der Waals surface area contributed by atoms with E-state index in [1.54, 1.807) is 0 Å². The van der Waals surface area contributed by atoms with Crippen molar-refractivity contribution >= 4 is 5.97 Å². The fourth-order valence-electron chi connectivity index (χ4n) is 3.15. The maximum atomic E-state index is 11.4. The third-order valence-electron chi connectivity index (χ3n) is 3.96. The molecule has 0 aromatic carbocycles. The molecule has 0 spiro atoms. The lowest BCUT2D eigenvalue weighted by Gasteiger charge is -2.35. The van der Waals surface area contributed by atoms with E-state index in [9.17, 15) is 4.79 Å². The Morgan fingerprint density at radius 1 is 1.33 bits per heavy atom. The van der Waals surface area contributed by atoms with Crippen LogP contribution < -0.4 is 0 Å². The van der Waals surface area contributed by atoms with Gasteiger partial charge >= 0.3 is 5.97 Å². The van der Waals surface area contributed by atoms with Crippen molar-refractivity contribution < 1.29 is 9.53 Å². The number of piperidine rings is 1. The molecule has 2 aliphatic rings. The Balaban J connectivity index is 1.84. The van der Waals surface area contributed by atoms with Crippen molar-refractivity contribution in [3.8, 4) is 0 Å². The summed E-state index contributed by atoms with van der Waals surface area (Å²) >= 11 is 0. The van der Waals surface area contributed by atoms with E-state index in [1.807, 2.05) is 6.92 Å². The lowest BCUT2D eigenvalue weighted by molar-refractivity contribution is -0.144. The Morgan fingerprint density at radius 3 is 2.47 bits per heavy atom. The van der Waals surface area contributed by atoms with Gasteiger partial charge in [0.2, 0.25) is 0 Å². The second-order valence-electron chi connectivity index (χ2n) is 4.90. The van der Waals surface area contributed by atoms with E-state index < -0.39 is 0 Å². The number of esters is 1. The van der Waals surface area contributed by atoms with Gasteiger partial charge in [0.25, 0.3) is 0 Å². The van der Waals surface area contributed by atoms with Gasteiger partial charge in [-0.3, -0.25) is 4.79 Å². The molecule has 3 heteroatoms. The zero-order valence-corrected chi connectivity index (χ0v) is 9.74. The molecule has 0 N–H and O–H groups in total. The van der Waals surface area contributed by atoms with Crippen LogP contribution in [0.3, 0.4) is 0 Å². The summed E-state index contributed by atoms with van der Waals surface area (Å²) in [6.45, 7) is 2.38. The second kappa shape index (κ2) is 4.52. The first-order valence-electron chi connectivity index (χ1n) is 6.08. The lowest BCUT2D eigenvalue weighted by atomic mass is 9.88. The van der Waals surface area contributed by atoms with Gasteiger partial charge in [0, 0.05) is 18.5 Å². The number of fused-ring (bicyclic) bond motifs is 2. The molecule has 0 saturated carbocycles. The van der Waals surface area contributed by atoms with Crippen LogP contribution in [0.15, 0.2) is 0 Å². The molecule has 2 rings (SSSR count). The van der Waals surface area contributed by atoms with Crippen LogP contribution in [0.1, 0.15) is 39.0 Å². The first-order valence-corrected chi connectivity index (χ1v) is 6.08. The summed E-state index contributed by atoms with van der Waals surface area (Å²) in [5.41, 5.74) is 0. The molecule has 0 aromatic rings. The van der Waals surface area contributed by atoms with Gasteiger partial charge in [-0.15, -0.1) is 0 Å². The SMILES string of the molecule is CCOC(=O)CC1C[C@@H]2CC[C@@H](C1)N2C. The van der Waals surface area contributed by atoms with Gasteiger partial charge in [-0.25, -0.2) is 0 Å². The number of carbonyl (C=O) groups excluding carboxylic acids is 1. The maximum absolute atomic E-state index is 11.4. The third kappa shape index (κ3) is 2.33. The summed E-state index contributed by atoms with van der Waals surface area (Å²) in [6.07, 6.45) is 5.65. The number of carbonyl (C=O) groups is 1. The molecule has 2 fully saturated rings. The quantitative estimate of drug-likeness (QED) is 0.667. The molecule has 0 radical (unpaired) electrons. The summed E-state index contributed by atoms with van der Waals surface area (Å²) in [5, 5.41) is 0. The highest BCUT2D eigenvalue weighted by Gasteiger charge is 2.38. The molecular weight excluding hydrogens is 190 g/mol. The first kappa shape index (κ1) is 10.9. The highest BCUT2D eigenvalue weighted by Crippen LogP contribution is 2.38. The van der Waals surface area contributed by atoms with Crippen molar-refractivity contribution in [3.05, 3.63) is 0 Å². The van der Waals surface area contributed by atoms with Crippen LogP contribution in [-0.2, 0) is 9.53 Å². The van der Waals surface area contributed by atoms with Crippen LogP contribution in [0.25, 0.3) is 0 Å². The zero-order valence-electron chi connectivity index (χ0n) is 9.74. The largest absolute Gasteiger partial charge is 0.466 e. The molecule has 0 amide bonds. The van der Waals surface area contributed by atoms with E-state index in [4.69, 9.17) is 4.74 Å². The monoisotopic (exact) mass is 211 g/mol. The van der Waals surface area contributed by atoms with Crippen molar-refractivity contribution in [1.29, 1.82) is 0 Å². The van der Waals surface area contributed by atoms with Crippen LogP contribution in [0.2, 0.25) is 0 Å². The Kier molecular flexibility index (Phi) is 3.29. The molecule has 2 atom stereocenters. The van der Waals surface area contributed by atoms with Gasteiger partial charge in [0.1, 0.15) is 0 Å². The van der Waals surface area contributed by atoms with Crippen LogP contribution in [-0.4, -0.2) is 36.6 Å². The van der Waals surface area contributed by atoms with Crippen molar-refractivity contribution in [1.82, 2.24) is 4.90 Å². The van der Waals surface area contributed by atoms with Gasteiger partial charge in [0.05, 0.1) is 6.61 Å². The standard InChI is InChI=1S/C12H21NO2/c1-3-15-12(14)8-9-6-10-4-5-11(7-9)13(10)2/h9-11H,3-8H2,1-2H3/t10-,11-/m0/s1. The molecule has 15 heavy (non-hydrogen) atoms. The molecule has 0 aromatic heterocycles. The number of hydrogen-bond acceptors (Lipinski definition) is 3. The average Bonchev–Trinajstić information content (AvgIpc) is 2.43. The number of hydrogen-bond donors (Lipinski definition) is 0. The van der Waals surface area contributed by atoms with Crippen molar-refractivity contribution in [2.45, 2.75) is 51.1 Å². The number of rotatable bonds is 3. The molecule has 3 nitrogen and oxygen atoms in total. The minimum absolute atomic E-state index is 0.00791. The fourth-order valence-corrected chi connectivity index (χ4v) is 3.15. The zero-order chi connectivity index (χ0) is 10.8. The average molecular weight is 211 g/mol. The predicted octanol–water partition coefficient (Wildman–Crippen LogP) is 1.81. The van der Waals surface area contributed by atoms with Gasteiger partial charge < -0.3 is 9.64 Å². The van der Waals surface area contributed by atoms with Gasteiger partial charge in [-0.05, 0) is 45.6 Å². The second-order valence-corrected chi connectivity index (χ2v) is 4.90. The van der Waals surface area contributed by atoms with Gasteiger partial charge in [-0.1, -0.05) is 0 Å². The van der Waals surface area contributed by atoms with E-state index in [0.717, 1.165) is 12.1 Å². The van der Waals surface area contributed by atoms with Crippen molar-refractivity contribution in [2.24, 2.45) is 5.92 Å². The predicted molar refractivity (Wildman–Crippen MR) is 58.5 cm³/mol. The summed E-state index contributed by atoms with van der Waals surface area (Å²) in [7, 11) is 2.23. The highest BCUT2D eigenvalue weighted by molar-refractivity contribution is 5.69. The van der Waals surface area contributed by atoms with E-state index in [2.05, 4.69) is 11.9 Å². The summed E-state index contributed by atoms with van der Waals surface area (Å²) in [4.78, 5) is 13.9. The molecule has 86 valence electrons. The first-order chi connectivity index (χ1) is 7.20. The number of ether oxygens (including phenoxy) is 1. The fraction of sp³-hybridized carbons (Fsp3) is 0.917. The van der Waals surface area contributed by atoms with Crippen molar-refractivity contribution in [2.75, 3.05) is 13.7 Å². The van der Waals surface area contributed by atoms with Gasteiger partial charge in [-0.2, -0.15) is 0 Å². The van der Waals surface area contributed by atoms with E-state index in [-0.39, 0.29) is 5.97 Å². The Morgan fingerprint density at radius 2 is 1.93 bits per heavy atom. The molecule has 0 unspecified atom stereocenters. The van der Waals surface area contributed by atoms with Crippen LogP contribution >= 0.6 is 0 Å². The van der Waals surface area contributed by atoms with E-state index >= 15 is 0 Å². The topological polar surface area (TPSA) is 29.5 Å². The minimum Gasteiger partial charge on any atom is -0.466 e. The maximum Gasteiger partial charge on any atom is 0.306 e. The molecule has 2 bridgehead atoms. The number of nitrogens with zero attached hydrogens (tertiary/aromatic N) is 1. The normalized spacial score (nSPS) is 35.5. The van der Waals surface area contributed by atoms with Gasteiger partial charge in [0.15, 0.2) is 0 Å².